The van der Waals surface area contributed by atoms with Crippen molar-refractivity contribution in [2.45, 2.75) is 26.8 Å². The van der Waals surface area contributed by atoms with Crippen LogP contribution in [0.4, 0.5) is 0 Å². The Morgan fingerprint density at radius 2 is 1.94 bits per heavy atom. The van der Waals surface area contributed by atoms with E-state index in [2.05, 4.69) is 48.9 Å². The molecule has 92 valence electrons. The van der Waals surface area contributed by atoms with Gasteiger partial charge in [0, 0.05) is 17.2 Å². The Morgan fingerprint density at radius 1 is 1.11 bits per heavy atom. The third-order valence-electron chi connectivity index (χ3n) is 3.99. The Labute approximate surface area is 108 Å². The number of hydrogen-bond acceptors (Lipinski definition) is 1. The average Bonchev–Trinajstić information content (AvgIpc) is 2.41. The highest BCUT2D eigenvalue weighted by Crippen LogP contribution is 2.24. The standard InChI is InChI=1S/C16H18NO/c1-11-6-7-17-10-14-8-15(18-3)5-4-13(14)9-16(17)12(11)2/h4-8H,9-10H2,1-3H3/q+1. The first-order chi connectivity index (χ1) is 8.69. The van der Waals surface area contributed by atoms with Gasteiger partial charge in [0.15, 0.2) is 18.4 Å². The largest absolute Gasteiger partial charge is 0.497 e. The molecule has 0 radical (unpaired) electrons. The van der Waals surface area contributed by atoms with Gasteiger partial charge in [-0.15, -0.1) is 0 Å². The minimum absolute atomic E-state index is 0.946. The molecule has 2 heterocycles. The number of aryl methyl sites for hydroxylation is 1. The van der Waals surface area contributed by atoms with Crippen molar-refractivity contribution in [1.82, 2.24) is 0 Å². The van der Waals surface area contributed by atoms with E-state index in [0.717, 1.165) is 18.7 Å². The Morgan fingerprint density at radius 3 is 2.72 bits per heavy atom. The third kappa shape index (κ3) is 1.69. The Hall–Kier alpha value is -1.83. The van der Waals surface area contributed by atoms with E-state index >= 15 is 0 Å². The van der Waals surface area contributed by atoms with E-state index in [9.17, 15) is 0 Å². The molecule has 0 spiro atoms. The molecule has 1 aromatic heterocycles. The first kappa shape index (κ1) is 11.3. The fourth-order valence-corrected chi connectivity index (χ4v) is 2.65. The number of benzene rings is 1. The average molecular weight is 240 g/mol. The molecule has 0 aliphatic carbocycles. The molecule has 0 saturated heterocycles. The van der Waals surface area contributed by atoms with Crippen LogP contribution < -0.4 is 9.30 Å². The molecular weight excluding hydrogens is 222 g/mol. The summed E-state index contributed by atoms with van der Waals surface area (Å²) < 4.78 is 7.65. The highest BCUT2D eigenvalue weighted by molar-refractivity contribution is 5.40. The lowest BCUT2D eigenvalue weighted by Gasteiger charge is -2.17. The molecule has 1 aliphatic heterocycles. The molecular formula is C16H18NO+. The van der Waals surface area contributed by atoms with Crippen LogP contribution in [-0.4, -0.2) is 7.11 Å². The zero-order chi connectivity index (χ0) is 12.7. The van der Waals surface area contributed by atoms with Crippen molar-refractivity contribution in [3.05, 3.63) is 58.4 Å². The molecule has 0 atom stereocenters. The van der Waals surface area contributed by atoms with Crippen molar-refractivity contribution in [1.29, 1.82) is 0 Å². The zero-order valence-electron chi connectivity index (χ0n) is 11.2. The quantitative estimate of drug-likeness (QED) is 0.596. The molecule has 1 aromatic carbocycles. The first-order valence-corrected chi connectivity index (χ1v) is 6.33. The molecule has 2 nitrogen and oxygen atoms in total. The summed E-state index contributed by atoms with van der Waals surface area (Å²) in [6.07, 6.45) is 3.22. The lowest BCUT2D eigenvalue weighted by molar-refractivity contribution is -0.698. The predicted molar refractivity (Wildman–Crippen MR) is 71.0 cm³/mol. The van der Waals surface area contributed by atoms with Gasteiger partial charge in [0.25, 0.3) is 0 Å². The van der Waals surface area contributed by atoms with Gasteiger partial charge in [0.05, 0.1) is 13.5 Å². The van der Waals surface area contributed by atoms with Crippen LogP contribution in [0.2, 0.25) is 0 Å². The second-order valence-corrected chi connectivity index (χ2v) is 5.01. The van der Waals surface area contributed by atoms with Crippen molar-refractivity contribution in [2.24, 2.45) is 0 Å². The number of rotatable bonds is 1. The molecule has 0 fully saturated rings. The predicted octanol–water partition coefficient (Wildman–Crippen LogP) is 2.55. The summed E-state index contributed by atoms with van der Waals surface area (Å²) in [5.74, 6) is 0.946. The molecule has 2 heteroatoms. The van der Waals surface area contributed by atoms with Gasteiger partial charge in [-0.3, -0.25) is 0 Å². The van der Waals surface area contributed by atoms with E-state index in [0.29, 0.717) is 0 Å². The van der Waals surface area contributed by atoms with Gasteiger partial charge in [-0.05, 0) is 37.1 Å². The van der Waals surface area contributed by atoms with Crippen molar-refractivity contribution < 1.29 is 9.30 Å². The van der Waals surface area contributed by atoms with Gasteiger partial charge in [-0.1, -0.05) is 6.07 Å². The van der Waals surface area contributed by atoms with Gasteiger partial charge < -0.3 is 4.74 Å². The maximum Gasteiger partial charge on any atom is 0.189 e. The molecule has 3 rings (SSSR count). The Bertz CT molecular complexity index is 617. The summed E-state index contributed by atoms with van der Waals surface area (Å²) >= 11 is 0. The van der Waals surface area contributed by atoms with Crippen molar-refractivity contribution in [2.75, 3.05) is 7.11 Å². The number of hydrogen-bond donors (Lipinski definition) is 0. The van der Waals surface area contributed by atoms with E-state index in [4.69, 9.17) is 4.74 Å². The Balaban J connectivity index is 2.08. The van der Waals surface area contributed by atoms with Crippen LogP contribution in [0.25, 0.3) is 0 Å². The van der Waals surface area contributed by atoms with Crippen LogP contribution in [0.3, 0.4) is 0 Å². The molecule has 0 unspecified atom stereocenters. The monoisotopic (exact) mass is 240 g/mol. The summed E-state index contributed by atoms with van der Waals surface area (Å²) in [5, 5.41) is 0. The number of aromatic nitrogens is 1. The van der Waals surface area contributed by atoms with Crippen LogP contribution >= 0.6 is 0 Å². The van der Waals surface area contributed by atoms with Crippen molar-refractivity contribution in [3.63, 3.8) is 0 Å². The van der Waals surface area contributed by atoms with Crippen LogP contribution in [0, 0.1) is 13.8 Å². The zero-order valence-corrected chi connectivity index (χ0v) is 11.2. The second kappa shape index (κ2) is 4.13. The van der Waals surface area contributed by atoms with Crippen LogP contribution in [0.15, 0.2) is 30.5 Å². The second-order valence-electron chi connectivity index (χ2n) is 5.01. The Kier molecular flexibility index (Phi) is 2.58. The number of methoxy groups -OCH3 is 1. The highest BCUT2D eigenvalue weighted by Gasteiger charge is 2.24. The van der Waals surface area contributed by atoms with Crippen LogP contribution in [0.1, 0.15) is 27.9 Å². The number of pyridine rings is 1. The number of fused-ring (bicyclic) bond motifs is 2. The fraction of sp³-hybridized carbons (Fsp3) is 0.312. The van der Waals surface area contributed by atoms with Gasteiger partial charge in [0.2, 0.25) is 0 Å². The lowest BCUT2D eigenvalue weighted by atomic mass is 9.94. The third-order valence-corrected chi connectivity index (χ3v) is 3.99. The highest BCUT2D eigenvalue weighted by atomic mass is 16.5. The maximum atomic E-state index is 5.30. The fourth-order valence-electron chi connectivity index (χ4n) is 2.65. The number of ether oxygens (including phenoxy) is 1. The summed E-state index contributed by atoms with van der Waals surface area (Å²) in [7, 11) is 1.72. The summed E-state index contributed by atoms with van der Waals surface area (Å²) in [6, 6.07) is 8.60. The van der Waals surface area contributed by atoms with Crippen molar-refractivity contribution >= 4 is 0 Å². The normalized spacial score (nSPS) is 12.8. The smallest absolute Gasteiger partial charge is 0.189 e. The molecule has 1 aliphatic rings. The first-order valence-electron chi connectivity index (χ1n) is 6.33. The van der Waals surface area contributed by atoms with E-state index in [1.807, 2.05) is 0 Å². The van der Waals surface area contributed by atoms with Crippen LogP contribution in [-0.2, 0) is 13.0 Å². The van der Waals surface area contributed by atoms with Gasteiger partial charge in [0.1, 0.15) is 5.75 Å². The molecule has 2 aromatic rings. The molecule has 0 N–H and O–H groups in total. The maximum absolute atomic E-state index is 5.30. The minimum Gasteiger partial charge on any atom is -0.497 e. The molecule has 0 amide bonds. The van der Waals surface area contributed by atoms with Gasteiger partial charge >= 0.3 is 0 Å². The van der Waals surface area contributed by atoms with Crippen molar-refractivity contribution in [3.8, 4) is 5.75 Å². The summed E-state index contributed by atoms with van der Waals surface area (Å²) in [6.45, 7) is 5.35. The topological polar surface area (TPSA) is 13.1 Å². The van der Waals surface area contributed by atoms with Crippen LogP contribution in [0.5, 0.6) is 5.75 Å². The van der Waals surface area contributed by atoms with Gasteiger partial charge in [-0.25, -0.2) is 0 Å². The minimum atomic E-state index is 0.946. The van der Waals surface area contributed by atoms with E-state index in [-0.39, 0.29) is 0 Å². The SMILES string of the molecule is COc1ccc2c(c1)C[n+]1ccc(C)c(C)c1C2. The lowest BCUT2D eigenvalue weighted by Crippen LogP contribution is -2.43. The molecule has 0 saturated carbocycles. The molecule has 18 heavy (non-hydrogen) atoms. The molecule has 0 bridgehead atoms. The van der Waals surface area contributed by atoms with E-state index in [1.165, 1.54) is 27.9 Å². The number of nitrogens with zero attached hydrogens (tertiary/aromatic N) is 1. The summed E-state index contributed by atoms with van der Waals surface area (Å²) in [5.41, 5.74) is 7.02. The van der Waals surface area contributed by atoms with E-state index < -0.39 is 0 Å². The van der Waals surface area contributed by atoms with E-state index in [1.54, 1.807) is 7.11 Å². The summed E-state index contributed by atoms with van der Waals surface area (Å²) in [4.78, 5) is 0. The van der Waals surface area contributed by atoms with Gasteiger partial charge in [-0.2, -0.15) is 4.57 Å².